The molecule has 0 aliphatic heterocycles. The van der Waals surface area contributed by atoms with E-state index in [9.17, 15) is 14.0 Å². The second kappa shape index (κ2) is 9.43. The maximum atomic E-state index is 14.3. The van der Waals surface area contributed by atoms with Crippen LogP contribution in [-0.2, 0) is 20.4 Å². The first kappa shape index (κ1) is 25.6. The number of aryl methyl sites for hydroxylation is 1. The molecule has 32 heavy (non-hydrogen) atoms. The summed E-state index contributed by atoms with van der Waals surface area (Å²) < 4.78 is 14.3. The van der Waals surface area contributed by atoms with Crippen molar-refractivity contribution in [3.05, 3.63) is 64.1 Å². The normalized spacial score (nSPS) is 15.1. The molecule has 5 heteroatoms. The first-order chi connectivity index (χ1) is 14.6. The van der Waals surface area contributed by atoms with Crippen molar-refractivity contribution in [3.8, 4) is 0 Å². The Bertz CT molecular complexity index is 1000. The quantitative estimate of drug-likeness (QED) is 0.341. The first-order valence-electron chi connectivity index (χ1n) is 11.1. The fourth-order valence-electron chi connectivity index (χ4n) is 3.90. The predicted molar refractivity (Wildman–Crippen MR) is 130 cm³/mol. The van der Waals surface area contributed by atoms with Gasteiger partial charge in [0.05, 0.1) is 5.57 Å². The number of hydrogen-bond donors (Lipinski definition) is 1. The van der Waals surface area contributed by atoms with Crippen LogP contribution in [-0.4, -0.2) is 30.7 Å². The molecule has 2 rings (SSSR count). The van der Waals surface area contributed by atoms with E-state index in [1.54, 1.807) is 25.1 Å². The predicted octanol–water partition coefficient (Wildman–Crippen LogP) is 6.12. The smallest absolute Gasteiger partial charge is 0.261 e. The molecule has 0 atom stereocenters. The third-order valence-corrected chi connectivity index (χ3v) is 5.45. The Hall–Kier alpha value is -2.69. The van der Waals surface area contributed by atoms with Gasteiger partial charge in [0, 0.05) is 26.0 Å². The van der Waals surface area contributed by atoms with Crippen LogP contribution in [0.15, 0.2) is 47.5 Å². The SMILES string of the molecule is Cc1cc(NC(=O)/C(=C\N(C)C)C(=O)C2=CCCC=C2F)c(C(C)(C)C)cc1C(C)(C)C. The zero-order chi connectivity index (χ0) is 24.4. The Morgan fingerprint density at radius 3 is 2.03 bits per heavy atom. The minimum atomic E-state index is -0.606. The van der Waals surface area contributed by atoms with Gasteiger partial charge in [0.15, 0.2) is 0 Å². The van der Waals surface area contributed by atoms with E-state index in [1.807, 2.05) is 13.0 Å². The third-order valence-electron chi connectivity index (χ3n) is 5.45. The molecule has 0 bridgehead atoms. The summed E-state index contributed by atoms with van der Waals surface area (Å²) in [5.41, 5.74) is 3.51. The number of ketones is 1. The molecule has 0 saturated carbocycles. The van der Waals surface area contributed by atoms with E-state index in [1.165, 1.54) is 17.8 Å². The molecule has 1 aliphatic rings. The summed E-state index contributed by atoms with van der Waals surface area (Å²) >= 11 is 0. The molecule has 0 aromatic heterocycles. The average Bonchev–Trinajstić information content (AvgIpc) is 2.63. The Morgan fingerprint density at radius 2 is 1.53 bits per heavy atom. The Balaban J connectivity index is 2.52. The van der Waals surface area contributed by atoms with E-state index in [0.717, 1.165) is 11.1 Å². The molecule has 1 amide bonds. The van der Waals surface area contributed by atoms with E-state index < -0.39 is 17.5 Å². The maximum Gasteiger partial charge on any atom is 0.261 e. The van der Waals surface area contributed by atoms with Crippen LogP contribution in [0.25, 0.3) is 0 Å². The molecule has 0 fully saturated rings. The average molecular weight is 441 g/mol. The molecular weight excluding hydrogens is 403 g/mol. The first-order valence-corrected chi connectivity index (χ1v) is 11.1. The van der Waals surface area contributed by atoms with E-state index in [4.69, 9.17) is 0 Å². The number of halogens is 1. The van der Waals surface area contributed by atoms with Crippen LogP contribution in [0.4, 0.5) is 10.1 Å². The van der Waals surface area contributed by atoms with Gasteiger partial charge in [0.2, 0.25) is 5.78 Å². The Labute approximate surface area is 192 Å². The van der Waals surface area contributed by atoms with Gasteiger partial charge in [-0.25, -0.2) is 4.39 Å². The summed E-state index contributed by atoms with van der Waals surface area (Å²) in [5.74, 6) is -1.72. The van der Waals surface area contributed by atoms with Crippen molar-refractivity contribution in [2.75, 3.05) is 19.4 Å². The number of hydrogen-bond acceptors (Lipinski definition) is 3. The number of carbonyl (C=O) groups excluding carboxylic acids is 2. The van der Waals surface area contributed by atoms with Gasteiger partial charge in [0.1, 0.15) is 11.4 Å². The minimum absolute atomic E-state index is 0.0457. The molecule has 0 radical (unpaired) electrons. The van der Waals surface area contributed by atoms with E-state index in [0.29, 0.717) is 18.5 Å². The van der Waals surface area contributed by atoms with Crippen molar-refractivity contribution in [2.45, 2.75) is 72.1 Å². The largest absolute Gasteiger partial charge is 0.383 e. The van der Waals surface area contributed by atoms with E-state index in [-0.39, 0.29) is 22.0 Å². The van der Waals surface area contributed by atoms with Gasteiger partial charge >= 0.3 is 0 Å². The highest BCUT2D eigenvalue weighted by Crippen LogP contribution is 2.36. The van der Waals surface area contributed by atoms with Crippen LogP contribution >= 0.6 is 0 Å². The van der Waals surface area contributed by atoms with Gasteiger partial charge < -0.3 is 10.2 Å². The fraction of sp³-hybridized carbons (Fsp3) is 0.481. The van der Waals surface area contributed by atoms with Crippen LogP contribution in [0.2, 0.25) is 0 Å². The fourth-order valence-corrected chi connectivity index (χ4v) is 3.90. The van der Waals surface area contributed by atoms with Crippen LogP contribution < -0.4 is 5.32 Å². The summed E-state index contributed by atoms with van der Waals surface area (Å²) in [4.78, 5) is 28.0. The lowest BCUT2D eigenvalue weighted by atomic mass is 9.78. The van der Waals surface area contributed by atoms with Gasteiger partial charge in [-0.05, 0) is 59.4 Å². The second-order valence-electron chi connectivity index (χ2n) is 10.7. The molecule has 0 unspecified atom stereocenters. The number of Topliss-reactive ketones (excluding diaryl/α,β-unsaturated/α-hetero) is 1. The lowest BCUT2D eigenvalue weighted by Gasteiger charge is -2.29. The van der Waals surface area contributed by atoms with E-state index >= 15 is 0 Å². The zero-order valence-corrected chi connectivity index (χ0v) is 20.9. The van der Waals surface area contributed by atoms with Crippen LogP contribution in [0.3, 0.4) is 0 Å². The number of rotatable bonds is 5. The summed E-state index contributed by atoms with van der Waals surface area (Å²) in [7, 11) is 3.45. The molecule has 0 saturated heterocycles. The molecule has 1 aromatic carbocycles. The van der Waals surface area contributed by atoms with Gasteiger partial charge in [-0.15, -0.1) is 0 Å². The third kappa shape index (κ3) is 5.96. The number of amides is 1. The summed E-state index contributed by atoms with van der Waals surface area (Å²) in [6.07, 6.45) is 5.54. The van der Waals surface area contributed by atoms with Crippen LogP contribution in [0, 0.1) is 6.92 Å². The van der Waals surface area contributed by atoms with Crippen LogP contribution in [0.1, 0.15) is 71.1 Å². The second-order valence-corrected chi connectivity index (χ2v) is 10.7. The lowest BCUT2D eigenvalue weighted by molar-refractivity contribution is -0.118. The highest BCUT2D eigenvalue weighted by molar-refractivity contribution is 6.29. The van der Waals surface area contributed by atoms with Gasteiger partial charge in [-0.2, -0.15) is 0 Å². The van der Waals surface area contributed by atoms with Crippen molar-refractivity contribution in [2.24, 2.45) is 0 Å². The van der Waals surface area contributed by atoms with Gasteiger partial charge in [0.25, 0.3) is 5.91 Å². The molecule has 0 heterocycles. The van der Waals surface area contributed by atoms with Gasteiger partial charge in [-0.3, -0.25) is 9.59 Å². The van der Waals surface area contributed by atoms with Crippen molar-refractivity contribution in [1.29, 1.82) is 0 Å². The Kier molecular flexibility index (Phi) is 7.54. The molecule has 1 N–H and O–H groups in total. The molecule has 0 spiro atoms. The number of nitrogens with zero attached hydrogens (tertiary/aromatic N) is 1. The molecular formula is C27H37FN2O2. The maximum absolute atomic E-state index is 14.3. The van der Waals surface area contributed by atoms with Crippen molar-refractivity contribution >= 4 is 17.4 Å². The molecule has 1 aromatic rings. The van der Waals surface area contributed by atoms with Crippen molar-refractivity contribution in [1.82, 2.24) is 4.90 Å². The molecule has 4 nitrogen and oxygen atoms in total. The monoisotopic (exact) mass is 440 g/mol. The molecule has 174 valence electrons. The highest BCUT2D eigenvalue weighted by atomic mass is 19.1. The van der Waals surface area contributed by atoms with Crippen LogP contribution in [0.5, 0.6) is 0 Å². The van der Waals surface area contributed by atoms with Gasteiger partial charge in [-0.1, -0.05) is 53.7 Å². The zero-order valence-electron chi connectivity index (χ0n) is 20.9. The number of allylic oxidation sites excluding steroid dienone is 4. The van der Waals surface area contributed by atoms with E-state index in [2.05, 4.69) is 52.9 Å². The van der Waals surface area contributed by atoms with Crippen molar-refractivity contribution < 1.29 is 14.0 Å². The number of anilines is 1. The summed E-state index contributed by atoms with van der Waals surface area (Å²) in [6, 6.07) is 4.12. The summed E-state index contributed by atoms with van der Waals surface area (Å²) in [6.45, 7) is 14.8. The lowest BCUT2D eigenvalue weighted by Crippen LogP contribution is -2.27. The number of benzene rings is 1. The topological polar surface area (TPSA) is 49.4 Å². The Morgan fingerprint density at radius 1 is 0.969 bits per heavy atom. The number of nitrogens with one attached hydrogen (secondary N) is 1. The molecule has 1 aliphatic carbocycles. The standard InChI is InChI=1S/C27H37FN2O2/c1-17-14-23(21(27(5,6)7)15-20(17)26(2,3)4)29-25(32)19(16-30(8)9)24(31)18-12-10-11-13-22(18)28/h12-16H,10-11H2,1-9H3,(H,29,32)/b19-16-. The van der Waals surface area contributed by atoms with Crippen molar-refractivity contribution in [3.63, 3.8) is 0 Å². The highest BCUT2D eigenvalue weighted by Gasteiger charge is 2.29. The minimum Gasteiger partial charge on any atom is -0.383 e. The summed E-state index contributed by atoms with van der Waals surface area (Å²) in [5, 5.41) is 2.95. The number of carbonyl (C=O) groups is 2.